The van der Waals surface area contributed by atoms with E-state index in [0.29, 0.717) is 17.1 Å². The number of para-hydroxylation sites is 1. The van der Waals surface area contributed by atoms with Crippen LogP contribution in [0.2, 0.25) is 0 Å². The van der Waals surface area contributed by atoms with Crippen LogP contribution in [0.15, 0.2) is 36.4 Å². The van der Waals surface area contributed by atoms with Gasteiger partial charge in [0.15, 0.2) is 0 Å². The minimum Gasteiger partial charge on any atom is -0.398 e. The summed E-state index contributed by atoms with van der Waals surface area (Å²) in [5, 5.41) is 10.8. The zero-order valence-electron chi connectivity index (χ0n) is 11.7. The zero-order valence-corrected chi connectivity index (χ0v) is 11.7. The molecular formula is C15H14N4O2. The Kier molecular flexibility index (Phi) is 2.86. The van der Waals surface area contributed by atoms with Crippen LogP contribution in [0, 0.1) is 17.0 Å². The number of aryl methyl sites for hydroxylation is 2. The third kappa shape index (κ3) is 2.01. The average Bonchev–Trinajstić information content (AvgIpc) is 2.77. The summed E-state index contributed by atoms with van der Waals surface area (Å²) in [5.74, 6) is 0.701. The third-order valence-electron chi connectivity index (χ3n) is 3.58. The van der Waals surface area contributed by atoms with Crippen molar-refractivity contribution in [2.75, 3.05) is 5.73 Å². The van der Waals surface area contributed by atoms with Crippen LogP contribution < -0.4 is 5.73 Å². The molecule has 3 rings (SSSR count). The fraction of sp³-hybridized carbons (Fsp3) is 0.133. The molecule has 0 fully saturated rings. The number of nitro groups is 1. The molecule has 0 aliphatic rings. The van der Waals surface area contributed by atoms with Gasteiger partial charge in [-0.05, 0) is 24.6 Å². The van der Waals surface area contributed by atoms with Crippen molar-refractivity contribution in [3.05, 3.63) is 52.1 Å². The van der Waals surface area contributed by atoms with Crippen molar-refractivity contribution < 1.29 is 4.92 Å². The van der Waals surface area contributed by atoms with E-state index in [2.05, 4.69) is 4.98 Å². The smallest absolute Gasteiger partial charge is 0.271 e. The number of hydrogen-bond donors (Lipinski definition) is 1. The molecule has 0 bridgehead atoms. The van der Waals surface area contributed by atoms with E-state index >= 15 is 0 Å². The first-order valence-electron chi connectivity index (χ1n) is 6.45. The van der Waals surface area contributed by atoms with E-state index in [1.54, 1.807) is 6.07 Å². The SMILES string of the molecule is Cc1cccc2nc(-c3ccc([N+](=O)[O-])cc3N)n(C)c12. The van der Waals surface area contributed by atoms with Crippen LogP contribution in [-0.4, -0.2) is 14.5 Å². The van der Waals surface area contributed by atoms with Gasteiger partial charge in [0.05, 0.1) is 16.0 Å². The molecule has 0 radical (unpaired) electrons. The van der Waals surface area contributed by atoms with Crippen molar-refractivity contribution in [1.82, 2.24) is 9.55 Å². The van der Waals surface area contributed by atoms with E-state index in [-0.39, 0.29) is 5.69 Å². The number of non-ortho nitro benzene ring substituents is 1. The molecule has 21 heavy (non-hydrogen) atoms. The molecule has 106 valence electrons. The van der Waals surface area contributed by atoms with Crippen molar-refractivity contribution in [3.8, 4) is 11.4 Å². The lowest BCUT2D eigenvalue weighted by Gasteiger charge is -2.06. The van der Waals surface area contributed by atoms with Gasteiger partial charge in [0, 0.05) is 30.4 Å². The number of nitro benzene ring substituents is 1. The number of nitrogen functional groups attached to an aromatic ring is 1. The van der Waals surface area contributed by atoms with Gasteiger partial charge < -0.3 is 10.3 Å². The Hall–Kier alpha value is -2.89. The lowest BCUT2D eigenvalue weighted by molar-refractivity contribution is -0.384. The first-order valence-corrected chi connectivity index (χ1v) is 6.45. The molecule has 3 aromatic rings. The number of anilines is 1. The van der Waals surface area contributed by atoms with Crippen molar-refractivity contribution in [1.29, 1.82) is 0 Å². The normalized spacial score (nSPS) is 11.0. The van der Waals surface area contributed by atoms with Crippen LogP contribution in [0.3, 0.4) is 0 Å². The van der Waals surface area contributed by atoms with Crippen LogP contribution in [0.4, 0.5) is 11.4 Å². The fourth-order valence-electron chi connectivity index (χ4n) is 2.57. The van der Waals surface area contributed by atoms with Crippen molar-refractivity contribution in [2.24, 2.45) is 7.05 Å². The van der Waals surface area contributed by atoms with Gasteiger partial charge in [0.1, 0.15) is 5.82 Å². The number of fused-ring (bicyclic) bond motifs is 1. The molecule has 0 spiro atoms. The molecule has 0 unspecified atom stereocenters. The number of aromatic nitrogens is 2. The Morgan fingerprint density at radius 2 is 2.05 bits per heavy atom. The summed E-state index contributed by atoms with van der Waals surface area (Å²) in [4.78, 5) is 14.9. The summed E-state index contributed by atoms with van der Waals surface area (Å²) in [7, 11) is 1.92. The van der Waals surface area contributed by atoms with Gasteiger partial charge in [-0.2, -0.15) is 0 Å². The van der Waals surface area contributed by atoms with Crippen LogP contribution in [0.1, 0.15) is 5.56 Å². The molecule has 2 N–H and O–H groups in total. The summed E-state index contributed by atoms with van der Waals surface area (Å²) in [6, 6.07) is 10.4. The van der Waals surface area contributed by atoms with E-state index in [9.17, 15) is 10.1 Å². The van der Waals surface area contributed by atoms with E-state index in [4.69, 9.17) is 5.73 Å². The molecule has 1 aromatic heterocycles. The molecule has 0 atom stereocenters. The number of nitrogens with zero attached hydrogens (tertiary/aromatic N) is 3. The van der Waals surface area contributed by atoms with Gasteiger partial charge in [-0.3, -0.25) is 10.1 Å². The standard InChI is InChI=1S/C15H14N4O2/c1-9-4-3-5-13-14(9)18(2)15(17-13)11-7-6-10(19(20)21)8-12(11)16/h3-8H,16H2,1-2H3. The topological polar surface area (TPSA) is 87.0 Å². The Morgan fingerprint density at radius 1 is 1.29 bits per heavy atom. The molecule has 0 aliphatic heterocycles. The van der Waals surface area contributed by atoms with E-state index in [0.717, 1.165) is 16.6 Å². The lowest BCUT2D eigenvalue weighted by Crippen LogP contribution is -1.99. The van der Waals surface area contributed by atoms with Crippen LogP contribution in [-0.2, 0) is 7.05 Å². The lowest BCUT2D eigenvalue weighted by atomic mass is 10.1. The quantitative estimate of drug-likeness (QED) is 0.444. The zero-order chi connectivity index (χ0) is 15.1. The second kappa shape index (κ2) is 4.59. The summed E-state index contributed by atoms with van der Waals surface area (Å²) < 4.78 is 1.96. The van der Waals surface area contributed by atoms with Crippen LogP contribution >= 0.6 is 0 Å². The second-order valence-electron chi connectivity index (χ2n) is 4.97. The fourth-order valence-corrected chi connectivity index (χ4v) is 2.57. The number of benzene rings is 2. The average molecular weight is 282 g/mol. The maximum absolute atomic E-state index is 10.8. The summed E-state index contributed by atoms with van der Waals surface area (Å²) in [6.45, 7) is 2.02. The largest absolute Gasteiger partial charge is 0.398 e. The molecule has 6 nitrogen and oxygen atoms in total. The van der Waals surface area contributed by atoms with Crippen molar-refractivity contribution in [3.63, 3.8) is 0 Å². The summed E-state index contributed by atoms with van der Waals surface area (Å²) >= 11 is 0. The van der Waals surface area contributed by atoms with Crippen LogP contribution in [0.25, 0.3) is 22.4 Å². The number of rotatable bonds is 2. The summed E-state index contributed by atoms with van der Waals surface area (Å²) in [6.07, 6.45) is 0. The highest BCUT2D eigenvalue weighted by atomic mass is 16.6. The number of nitrogens with two attached hydrogens (primary N) is 1. The highest BCUT2D eigenvalue weighted by molar-refractivity contribution is 5.86. The molecule has 6 heteroatoms. The maximum Gasteiger partial charge on any atom is 0.271 e. The number of imidazole rings is 1. The predicted molar refractivity (Wildman–Crippen MR) is 82.0 cm³/mol. The highest BCUT2D eigenvalue weighted by Gasteiger charge is 2.16. The second-order valence-corrected chi connectivity index (χ2v) is 4.97. The van der Waals surface area contributed by atoms with E-state index in [1.807, 2.05) is 36.7 Å². The van der Waals surface area contributed by atoms with Gasteiger partial charge in [0.2, 0.25) is 0 Å². The first kappa shape index (κ1) is 13.1. The highest BCUT2D eigenvalue weighted by Crippen LogP contribution is 2.31. The van der Waals surface area contributed by atoms with Gasteiger partial charge in [0.25, 0.3) is 5.69 Å². The monoisotopic (exact) mass is 282 g/mol. The number of hydrogen-bond acceptors (Lipinski definition) is 4. The van der Waals surface area contributed by atoms with Gasteiger partial charge >= 0.3 is 0 Å². The Labute approximate surface area is 121 Å². The predicted octanol–water partition coefficient (Wildman–Crippen LogP) is 3.04. The molecule has 0 saturated heterocycles. The Morgan fingerprint density at radius 3 is 2.67 bits per heavy atom. The molecular weight excluding hydrogens is 268 g/mol. The molecule has 0 saturated carbocycles. The third-order valence-corrected chi connectivity index (χ3v) is 3.58. The van der Waals surface area contributed by atoms with E-state index < -0.39 is 4.92 Å². The van der Waals surface area contributed by atoms with Crippen molar-refractivity contribution >= 4 is 22.4 Å². The Bertz CT molecular complexity index is 867. The molecule has 2 aromatic carbocycles. The van der Waals surface area contributed by atoms with Crippen LogP contribution in [0.5, 0.6) is 0 Å². The molecule has 1 heterocycles. The first-order chi connectivity index (χ1) is 9.99. The Balaban J connectivity index is 2.24. The summed E-state index contributed by atoms with van der Waals surface area (Å²) in [5.41, 5.74) is 10.0. The maximum atomic E-state index is 10.8. The van der Waals surface area contributed by atoms with Gasteiger partial charge in [-0.1, -0.05) is 12.1 Å². The minimum absolute atomic E-state index is 0.0220. The van der Waals surface area contributed by atoms with Crippen molar-refractivity contribution in [2.45, 2.75) is 6.92 Å². The van der Waals surface area contributed by atoms with Gasteiger partial charge in [-0.25, -0.2) is 4.98 Å². The van der Waals surface area contributed by atoms with Gasteiger partial charge in [-0.15, -0.1) is 0 Å². The van der Waals surface area contributed by atoms with E-state index in [1.165, 1.54) is 12.1 Å². The molecule has 0 aliphatic carbocycles. The minimum atomic E-state index is -0.459. The molecule has 0 amide bonds.